The van der Waals surface area contributed by atoms with Gasteiger partial charge in [-0.05, 0) is 91.3 Å². The molecule has 0 radical (unpaired) electrons. The molecule has 1 spiro atoms. The molecule has 6 aliphatic rings. The number of ether oxygens (including phenoxy) is 3. The van der Waals surface area contributed by atoms with E-state index < -0.39 is 17.3 Å². The number of carbonyl (C=O) groups is 1. The highest BCUT2D eigenvalue weighted by Gasteiger charge is 2.71. The Kier molecular flexibility index (Phi) is 6.96. The van der Waals surface area contributed by atoms with Gasteiger partial charge in [0.15, 0.2) is 5.79 Å². The summed E-state index contributed by atoms with van der Waals surface area (Å²) in [6, 6.07) is 0. The van der Waals surface area contributed by atoms with Crippen LogP contribution >= 0.6 is 0 Å². The number of allylic oxidation sites excluding steroid dienone is 1. The first-order chi connectivity index (χ1) is 18.8. The number of carbonyl (C=O) groups excluding carboxylic acids is 1. The van der Waals surface area contributed by atoms with Crippen molar-refractivity contribution in [2.45, 2.75) is 131 Å². The first-order valence-corrected chi connectivity index (χ1v) is 16.6. The molecule has 3 unspecified atom stereocenters. The van der Waals surface area contributed by atoms with E-state index in [4.69, 9.17) is 14.2 Å². The summed E-state index contributed by atoms with van der Waals surface area (Å²) in [7, 11) is 0. The molecule has 1 aliphatic heterocycles. The predicted octanol–water partition coefficient (Wildman–Crippen LogP) is 7.46. The van der Waals surface area contributed by atoms with Gasteiger partial charge in [-0.15, -0.1) is 0 Å². The quantitative estimate of drug-likeness (QED) is 0.221. The van der Waals surface area contributed by atoms with Gasteiger partial charge in [-0.3, -0.25) is 4.79 Å². The molecular weight excluding hydrogens is 500 g/mol. The van der Waals surface area contributed by atoms with Crippen LogP contribution in [0.2, 0.25) is 0 Å². The molecule has 40 heavy (non-hydrogen) atoms. The van der Waals surface area contributed by atoms with Crippen molar-refractivity contribution in [2.24, 2.45) is 50.7 Å². The third kappa shape index (κ3) is 3.85. The lowest BCUT2D eigenvalue weighted by Crippen LogP contribution is -2.67. The minimum absolute atomic E-state index is 0.0246. The van der Waals surface area contributed by atoms with E-state index in [9.17, 15) is 9.90 Å². The van der Waals surface area contributed by atoms with Crippen LogP contribution in [-0.4, -0.2) is 42.8 Å². The second kappa shape index (κ2) is 9.55. The number of aliphatic hydroxyl groups excluding tert-OH is 1. The van der Waals surface area contributed by atoms with Gasteiger partial charge in [0.2, 0.25) is 0 Å². The Morgan fingerprint density at radius 3 is 2.40 bits per heavy atom. The van der Waals surface area contributed by atoms with Crippen LogP contribution in [-0.2, 0) is 19.0 Å². The average Bonchev–Trinajstić information content (AvgIpc) is 3.38. The van der Waals surface area contributed by atoms with Gasteiger partial charge in [0.05, 0.1) is 31.3 Å². The molecule has 9 atom stereocenters. The van der Waals surface area contributed by atoms with E-state index in [0.717, 1.165) is 70.6 Å². The van der Waals surface area contributed by atoms with Crippen LogP contribution in [0.3, 0.4) is 0 Å². The van der Waals surface area contributed by atoms with Gasteiger partial charge in [-0.2, -0.15) is 0 Å². The fourth-order valence-corrected chi connectivity index (χ4v) is 11.6. The van der Waals surface area contributed by atoms with Crippen LogP contribution in [0.4, 0.5) is 0 Å². The Balaban J connectivity index is 1.39. The topological polar surface area (TPSA) is 65.0 Å². The molecule has 1 saturated heterocycles. The van der Waals surface area contributed by atoms with Gasteiger partial charge in [0.25, 0.3) is 0 Å². The summed E-state index contributed by atoms with van der Waals surface area (Å²) >= 11 is 0. The molecule has 5 aliphatic carbocycles. The van der Waals surface area contributed by atoms with Crippen LogP contribution in [0, 0.1) is 50.7 Å². The molecule has 226 valence electrons. The van der Waals surface area contributed by atoms with E-state index in [1.54, 1.807) is 0 Å². The third-order valence-electron chi connectivity index (χ3n) is 14.1. The maximum absolute atomic E-state index is 13.9. The second-order valence-electron chi connectivity index (χ2n) is 16.4. The van der Waals surface area contributed by atoms with Crippen molar-refractivity contribution in [2.75, 3.05) is 19.8 Å². The van der Waals surface area contributed by atoms with Crippen LogP contribution < -0.4 is 0 Å². The lowest BCUT2D eigenvalue weighted by Gasteiger charge is -2.71. The average molecular weight is 557 g/mol. The van der Waals surface area contributed by atoms with Gasteiger partial charge in [-0.25, -0.2) is 0 Å². The fraction of sp³-hybridized carbons (Fsp3) is 0.914. The lowest BCUT2D eigenvalue weighted by molar-refractivity contribution is -0.278. The third-order valence-corrected chi connectivity index (χ3v) is 14.1. The largest absolute Gasteiger partial charge is 0.465 e. The monoisotopic (exact) mass is 556 g/mol. The molecule has 0 aromatic rings. The van der Waals surface area contributed by atoms with Gasteiger partial charge < -0.3 is 19.3 Å². The molecule has 6 rings (SSSR count). The molecule has 1 heterocycles. The second-order valence-corrected chi connectivity index (χ2v) is 16.4. The first kappa shape index (κ1) is 29.2. The summed E-state index contributed by atoms with van der Waals surface area (Å²) in [6.07, 6.45) is 12.8. The Hall–Kier alpha value is -0.910. The highest BCUT2D eigenvalue weighted by Crippen LogP contribution is 2.75. The molecule has 0 bridgehead atoms. The number of esters is 1. The van der Waals surface area contributed by atoms with Gasteiger partial charge >= 0.3 is 5.97 Å². The number of rotatable bonds is 4. The standard InChI is InChI=1S/C35H56O5/c1-8-9-18-38-29(37)34-15-12-30(3,4)22-26(34)25-21-27(36)28-31(5)13-17-35(39-19-20-40-35)23(2)24(31)10-11-33(28,7)32(25,6)14-16-34/h21,23-24,26-28,36H,8-20,22H2,1-7H3/t23-,24?,26?,27+,28?,31+,32-,33-,34+/m1/s1. The molecule has 5 fully saturated rings. The van der Waals surface area contributed by atoms with Crippen molar-refractivity contribution in [1.29, 1.82) is 0 Å². The zero-order chi connectivity index (χ0) is 28.8. The van der Waals surface area contributed by atoms with Crippen LogP contribution in [0.5, 0.6) is 0 Å². The highest BCUT2D eigenvalue weighted by molar-refractivity contribution is 5.78. The normalized spacial score (nSPS) is 48.8. The van der Waals surface area contributed by atoms with Crippen LogP contribution in [0.1, 0.15) is 119 Å². The number of hydrogen-bond acceptors (Lipinski definition) is 5. The van der Waals surface area contributed by atoms with E-state index in [-0.39, 0.29) is 39.5 Å². The van der Waals surface area contributed by atoms with E-state index in [2.05, 4.69) is 54.5 Å². The number of unbranched alkanes of at least 4 members (excludes halogenated alkanes) is 1. The van der Waals surface area contributed by atoms with Crippen molar-refractivity contribution in [1.82, 2.24) is 0 Å². The number of fused-ring (bicyclic) bond motifs is 7. The van der Waals surface area contributed by atoms with Crippen molar-refractivity contribution in [3.8, 4) is 0 Å². The number of hydrogen-bond donors (Lipinski definition) is 1. The Morgan fingerprint density at radius 2 is 1.70 bits per heavy atom. The minimum atomic E-state index is -0.496. The Bertz CT molecular complexity index is 1040. The summed E-state index contributed by atoms with van der Waals surface area (Å²) in [5, 5.41) is 12.2. The van der Waals surface area contributed by atoms with Crippen molar-refractivity contribution in [3.05, 3.63) is 11.6 Å². The van der Waals surface area contributed by atoms with Gasteiger partial charge in [0, 0.05) is 18.3 Å². The van der Waals surface area contributed by atoms with Gasteiger partial charge in [-0.1, -0.05) is 66.5 Å². The van der Waals surface area contributed by atoms with E-state index >= 15 is 0 Å². The molecule has 0 amide bonds. The maximum Gasteiger partial charge on any atom is 0.312 e. The van der Waals surface area contributed by atoms with Crippen LogP contribution in [0.15, 0.2) is 11.6 Å². The Morgan fingerprint density at radius 1 is 1.00 bits per heavy atom. The van der Waals surface area contributed by atoms with Crippen LogP contribution in [0.25, 0.3) is 0 Å². The zero-order valence-corrected chi connectivity index (χ0v) is 26.4. The van der Waals surface area contributed by atoms with E-state index in [1.165, 1.54) is 5.57 Å². The molecule has 0 aromatic heterocycles. The summed E-state index contributed by atoms with van der Waals surface area (Å²) < 4.78 is 18.6. The highest BCUT2D eigenvalue weighted by atomic mass is 16.7. The smallest absolute Gasteiger partial charge is 0.312 e. The van der Waals surface area contributed by atoms with E-state index in [0.29, 0.717) is 31.7 Å². The molecule has 0 aromatic carbocycles. The fourth-order valence-electron chi connectivity index (χ4n) is 11.6. The Labute approximate surface area is 243 Å². The SMILES string of the molecule is CCCCOC(=O)[C@]12CCC(C)(C)CC1C1=C[C@H](O)C3[C@@]4(C)CCC5(OCCO5)[C@H](C)C4CC[C@@]3(C)[C@]1(C)CC2. The zero-order valence-electron chi connectivity index (χ0n) is 26.4. The predicted molar refractivity (Wildman–Crippen MR) is 156 cm³/mol. The maximum atomic E-state index is 13.9. The van der Waals surface area contributed by atoms with Crippen molar-refractivity contribution >= 4 is 5.97 Å². The first-order valence-electron chi connectivity index (χ1n) is 16.6. The molecular formula is C35H56O5. The lowest BCUT2D eigenvalue weighted by atomic mass is 9.34. The van der Waals surface area contributed by atoms with Gasteiger partial charge in [0.1, 0.15) is 0 Å². The van der Waals surface area contributed by atoms with E-state index in [1.807, 2.05) is 0 Å². The summed E-state index contributed by atoms with van der Waals surface area (Å²) in [5.41, 5.74) is 1.09. The molecule has 5 heteroatoms. The summed E-state index contributed by atoms with van der Waals surface area (Å²) in [5.74, 6) is 0.726. The molecule has 5 nitrogen and oxygen atoms in total. The summed E-state index contributed by atoms with van der Waals surface area (Å²) in [6.45, 7) is 18.6. The molecule has 4 saturated carbocycles. The molecule has 1 N–H and O–H groups in total. The summed E-state index contributed by atoms with van der Waals surface area (Å²) in [4.78, 5) is 13.9. The number of aliphatic hydroxyl groups is 1. The van der Waals surface area contributed by atoms with Crippen molar-refractivity contribution in [3.63, 3.8) is 0 Å². The minimum Gasteiger partial charge on any atom is -0.465 e. The van der Waals surface area contributed by atoms with Crippen molar-refractivity contribution < 1.29 is 24.1 Å².